The van der Waals surface area contributed by atoms with Gasteiger partial charge in [-0.2, -0.15) is 13.2 Å². The number of pyridine rings is 2. The summed E-state index contributed by atoms with van der Waals surface area (Å²) in [5.74, 6) is 0.491. The number of piperazine rings is 1. The molecule has 0 atom stereocenters. The lowest BCUT2D eigenvalue weighted by Crippen LogP contribution is -2.50. The molecule has 2 fully saturated rings. The van der Waals surface area contributed by atoms with Crippen LogP contribution in [0.15, 0.2) is 29.2 Å². The number of aromatic nitrogens is 2. The van der Waals surface area contributed by atoms with Crippen LogP contribution >= 0.6 is 12.4 Å². The quantitative estimate of drug-likeness (QED) is 0.747. The molecule has 10 heteroatoms. The zero-order valence-corrected chi connectivity index (χ0v) is 16.5. The van der Waals surface area contributed by atoms with Gasteiger partial charge >= 0.3 is 6.18 Å². The second-order valence-electron chi connectivity index (χ2n) is 7.38. The van der Waals surface area contributed by atoms with Crippen molar-refractivity contribution in [1.29, 1.82) is 0 Å². The first-order valence-electron chi connectivity index (χ1n) is 9.41. The number of nitrogens with zero attached hydrogens (tertiary/aromatic N) is 4. The number of hydrogen-bond donors (Lipinski definition) is 0. The number of halogens is 4. The third kappa shape index (κ3) is 4.72. The van der Waals surface area contributed by atoms with Crippen molar-refractivity contribution in [3.8, 4) is 0 Å². The van der Waals surface area contributed by atoms with Gasteiger partial charge < -0.3 is 9.47 Å². The highest BCUT2D eigenvalue weighted by Crippen LogP contribution is 2.31. The highest BCUT2D eigenvalue weighted by Gasteiger charge is 2.34. The molecule has 1 amide bonds. The number of carbonyl (C=O) groups is 1. The van der Waals surface area contributed by atoms with Gasteiger partial charge in [0.05, 0.1) is 10.9 Å². The van der Waals surface area contributed by atoms with E-state index in [9.17, 15) is 22.8 Å². The van der Waals surface area contributed by atoms with E-state index in [0.29, 0.717) is 26.2 Å². The van der Waals surface area contributed by atoms with Gasteiger partial charge in [-0.25, -0.2) is 4.98 Å². The van der Waals surface area contributed by atoms with Crippen molar-refractivity contribution in [1.82, 2.24) is 19.4 Å². The van der Waals surface area contributed by atoms with Gasteiger partial charge in [0, 0.05) is 51.4 Å². The highest BCUT2D eigenvalue weighted by molar-refractivity contribution is 5.85. The maximum atomic E-state index is 12.8. The van der Waals surface area contributed by atoms with E-state index in [4.69, 9.17) is 0 Å². The summed E-state index contributed by atoms with van der Waals surface area (Å²) < 4.78 is 39.8. The Hall–Kier alpha value is -2.13. The van der Waals surface area contributed by atoms with Crippen LogP contribution in [0.1, 0.15) is 18.5 Å². The molecule has 0 aromatic carbocycles. The largest absolute Gasteiger partial charge is 0.433 e. The number of alkyl halides is 3. The summed E-state index contributed by atoms with van der Waals surface area (Å²) in [7, 11) is 0. The molecule has 0 bridgehead atoms. The molecular formula is C19H22ClF3N4O2. The fourth-order valence-electron chi connectivity index (χ4n) is 3.53. The molecule has 1 aliphatic carbocycles. The molecule has 2 aromatic rings. The van der Waals surface area contributed by atoms with Crippen LogP contribution in [0.4, 0.5) is 13.2 Å². The molecule has 1 saturated heterocycles. The third-order valence-corrected chi connectivity index (χ3v) is 5.39. The predicted octanol–water partition coefficient (Wildman–Crippen LogP) is 2.39. The van der Waals surface area contributed by atoms with Crippen molar-refractivity contribution < 1.29 is 18.0 Å². The van der Waals surface area contributed by atoms with E-state index in [2.05, 4.69) is 9.88 Å². The van der Waals surface area contributed by atoms with Crippen molar-refractivity contribution in [2.75, 3.05) is 32.7 Å². The molecule has 1 aliphatic heterocycles. The van der Waals surface area contributed by atoms with Crippen molar-refractivity contribution >= 4 is 29.2 Å². The molecule has 0 radical (unpaired) electrons. The lowest BCUT2D eigenvalue weighted by atomic mass is 10.2. The van der Waals surface area contributed by atoms with Crippen LogP contribution < -0.4 is 5.56 Å². The van der Waals surface area contributed by atoms with E-state index in [1.807, 2.05) is 4.90 Å². The SMILES string of the molecule is Cl.O=C(C1CC1)N1CCN(CCn2ccc3nc(C(F)(F)F)ccc3c2=O)CC1. The molecule has 1 saturated carbocycles. The molecule has 29 heavy (non-hydrogen) atoms. The zero-order chi connectivity index (χ0) is 19.9. The Labute approximate surface area is 171 Å². The van der Waals surface area contributed by atoms with Gasteiger partial charge in [0.15, 0.2) is 0 Å². The van der Waals surface area contributed by atoms with Gasteiger partial charge in [-0.3, -0.25) is 14.5 Å². The summed E-state index contributed by atoms with van der Waals surface area (Å²) in [5.41, 5.74) is -1.31. The van der Waals surface area contributed by atoms with Crippen molar-refractivity contribution in [2.45, 2.75) is 25.6 Å². The van der Waals surface area contributed by atoms with Crippen LogP contribution in [0.3, 0.4) is 0 Å². The fourth-order valence-corrected chi connectivity index (χ4v) is 3.53. The highest BCUT2D eigenvalue weighted by atomic mass is 35.5. The van der Waals surface area contributed by atoms with Gasteiger partial charge in [0.25, 0.3) is 5.56 Å². The second-order valence-corrected chi connectivity index (χ2v) is 7.38. The Morgan fingerprint density at radius 3 is 2.38 bits per heavy atom. The van der Waals surface area contributed by atoms with Crippen LogP contribution in [-0.2, 0) is 17.5 Å². The van der Waals surface area contributed by atoms with Crippen LogP contribution in [0, 0.1) is 5.92 Å². The Kier molecular flexibility index (Phi) is 6.19. The average Bonchev–Trinajstić information content (AvgIpc) is 3.52. The summed E-state index contributed by atoms with van der Waals surface area (Å²) in [4.78, 5) is 32.3. The first kappa shape index (κ1) is 21.6. The predicted molar refractivity (Wildman–Crippen MR) is 104 cm³/mol. The van der Waals surface area contributed by atoms with Crippen molar-refractivity contribution in [3.05, 3.63) is 40.4 Å². The van der Waals surface area contributed by atoms with Gasteiger partial charge in [-0.05, 0) is 31.0 Å². The monoisotopic (exact) mass is 430 g/mol. The molecule has 0 N–H and O–H groups in total. The summed E-state index contributed by atoms with van der Waals surface area (Å²) in [6.45, 7) is 4.00. The number of amides is 1. The minimum atomic E-state index is -4.54. The van der Waals surface area contributed by atoms with Gasteiger partial charge in [0.1, 0.15) is 5.69 Å². The first-order valence-corrected chi connectivity index (χ1v) is 9.41. The maximum Gasteiger partial charge on any atom is 0.433 e. The summed E-state index contributed by atoms with van der Waals surface area (Å²) in [6, 6.07) is 3.47. The lowest BCUT2D eigenvalue weighted by Gasteiger charge is -2.35. The Balaban J connectivity index is 0.00000240. The van der Waals surface area contributed by atoms with E-state index in [1.165, 1.54) is 22.9 Å². The molecule has 0 unspecified atom stereocenters. The van der Waals surface area contributed by atoms with Crippen LogP contribution in [0.25, 0.3) is 10.9 Å². The molecule has 158 valence electrons. The minimum Gasteiger partial charge on any atom is -0.340 e. The summed E-state index contributed by atoms with van der Waals surface area (Å²) in [6.07, 6.45) is -1.04. The van der Waals surface area contributed by atoms with E-state index in [0.717, 1.165) is 32.0 Å². The van der Waals surface area contributed by atoms with Crippen LogP contribution in [0.2, 0.25) is 0 Å². The Bertz CT molecular complexity index is 951. The maximum absolute atomic E-state index is 12.8. The second kappa shape index (κ2) is 8.31. The number of carbonyl (C=O) groups excluding carboxylic acids is 1. The summed E-state index contributed by atoms with van der Waals surface area (Å²) >= 11 is 0. The van der Waals surface area contributed by atoms with E-state index in [-0.39, 0.29) is 40.7 Å². The number of hydrogen-bond acceptors (Lipinski definition) is 4. The van der Waals surface area contributed by atoms with E-state index < -0.39 is 11.9 Å². The van der Waals surface area contributed by atoms with Crippen molar-refractivity contribution in [3.63, 3.8) is 0 Å². The standard InChI is InChI=1S/C19H21F3N4O2.ClH/c20-19(21,22)16-4-3-14-15(23-16)5-6-25(18(14)28)10-7-24-8-11-26(12-9-24)17(27)13-1-2-13;/h3-6,13H,1-2,7-12H2;1H. The van der Waals surface area contributed by atoms with Crippen LogP contribution in [0.5, 0.6) is 0 Å². The third-order valence-electron chi connectivity index (χ3n) is 5.39. The molecule has 2 aliphatic rings. The van der Waals surface area contributed by atoms with E-state index >= 15 is 0 Å². The normalized spacial score (nSPS) is 18.0. The minimum absolute atomic E-state index is 0. The zero-order valence-electron chi connectivity index (χ0n) is 15.7. The molecule has 6 nitrogen and oxygen atoms in total. The Morgan fingerprint density at radius 2 is 1.76 bits per heavy atom. The Morgan fingerprint density at radius 1 is 1.07 bits per heavy atom. The molecule has 2 aromatic heterocycles. The van der Waals surface area contributed by atoms with E-state index in [1.54, 1.807) is 0 Å². The lowest BCUT2D eigenvalue weighted by molar-refractivity contribution is -0.141. The average molecular weight is 431 g/mol. The van der Waals surface area contributed by atoms with Gasteiger partial charge in [-0.15, -0.1) is 12.4 Å². The number of rotatable bonds is 4. The molecule has 3 heterocycles. The smallest absolute Gasteiger partial charge is 0.340 e. The number of fused-ring (bicyclic) bond motifs is 1. The van der Waals surface area contributed by atoms with Crippen molar-refractivity contribution in [2.24, 2.45) is 5.92 Å². The fraction of sp³-hybridized carbons (Fsp3) is 0.526. The molecule has 4 rings (SSSR count). The van der Waals surface area contributed by atoms with Gasteiger partial charge in [0.2, 0.25) is 5.91 Å². The summed E-state index contributed by atoms with van der Waals surface area (Å²) in [5, 5.41) is 0.176. The van der Waals surface area contributed by atoms with Gasteiger partial charge in [-0.1, -0.05) is 0 Å². The van der Waals surface area contributed by atoms with Crippen LogP contribution in [-0.4, -0.2) is 58.0 Å². The molecular weight excluding hydrogens is 409 g/mol. The first-order chi connectivity index (χ1) is 13.3. The molecule has 0 spiro atoms. The topological polar surface area (TPSA) is 58.4 Å².